The van der Waals surface area contributed by atoms with E-state index in [4.69, 9.17) is 10.5 Å². The number of ether oxygens (including phenoxy) is 1. The van der Waals surface area contributed by atoms with Gasteiger partial charge in [-0.1, -0.05) is 29.5 Å². The molecule has 0 atom stereocenters. The molecule has 21 heavy (non-hydrogen) atoms. The fourth-order valence-electron chi connectivity index (χ4n) is 2.25. The second kappa shape index (κ2) is 5.61. The highest BCUT2D eigenvalue weighted by Gasteiger charge is 2.11. The molecule has 2 N–H and O–H groups in total. The first-order chi connectivity index (χ1) is 10.2. The maximum Gasteiger partial charge on any atom is 0.186 e. The molecule has 0 radical (unpaired) electrons. The number of anilines is 2. The van der Waals surface area contributed by atoms with Crippen LogP contribution in [0.25, 0.3) is 10.2 Å². The molecule has 1 aromatic heterocycles. The van der Waals surface area contributed by atoms with E-state index in [1.165, 1.54) is 0 Å². The first-order valence-electron chi connectivity index (χ1n) is 6.66. The minimum absolute atomic E-state index is 0.749. The van der Waals surface area contributed by atoms with Gasteiger partial charge in [-0.3, -0.25) is 0 Å². The molecular weight excluding hydrogens is 282 g/mol. The first-order valence-corrected chi connectivity index (χ1v) is 7.48. The lowest BCUT2D eigenvalue weighted by Crippen LogP contribution is -2.16. The van der Waals surface area contributed by atoms with Crippen molar-refractivity contribution in [1.82, 2.24) is 4.98 Å². The van der Waals surface area contributed by atoms with E-state index in [0.717, 1.165) is 38.9 Å². The number of aromatic nitrogens is 1. The molecule has 0 amide bonds. The number of nitrogen functional groups attached to an aromatic ring is 1. The molecule has 0 saturated carbocycles. The average Bonchev–Trinajstić information content (AvgIpc) is 2.91. The lowest BCUT2D eigenvalue weighted by atomic mass is 10.2. The van der Waals surface area contributed by atoms with Crippen molar-refractivity contribution in [3.63, 3.8) is 0 Å². The van der Waals surface area contributed by atoms with Crippen molar-refractivity contribution in [3.05, 3.63) is 48.0 Å². The maximum atomic E-state index is 5.82. The van der Waals surface area contributed by atoms with E-state index in [-0.39, 0.29) is 0 Å². The summed E-state index contributed by atoms with van der Waals surface area (Å²) in [4.78, 5) is 6.78. The molecule has 0 aliphatic carbocycles. The van der Waals surface area contributed by atoms with Crippen LogP contribution in [-0.4, -0.2) is 19.1 Å². The summed E-state index contributed by atoms with van der Waals surface area (Å²) in [6.07, 6.45) is 0. The van der Waals surface area contributed by atoms with Crippen molar-refractivity contribution < 1.29 is 4.74 Å². The lowest BCUT2D eigenvalue weighted by molar-refractivity contribution is 0.409. The van der Waals surface area contributed by atoms with E-state index in [2.05, 4.69) is 16.0 Å². The lowest BCUT2D eigenvalue weighted by Gasteiger charge is -2.17. The van der Waals surface area contributed by atoms with Crippen LogP contribution in [0.4, 0.5) is 10.8 Å². The van der Waals surface area contributed by atoms with Gasteiger partial charge in [0.2, 0.25) is 0 Å². The molecule has 0 fully saturated rings. The van der Waals surface area contributed by atoms with Gasteiger partial charge in [0.25, 0.3) is 0 Å². The molecule has 5 heteroatoms. The van der Waals surface area contributed by atoms with Gasteiger partial charge in [-0.15, -0.1) is 0 Å². The van der Waals surface area contributed by atoms with E-state index in [1.54, 1.807) is 18.4 Å². The van der Waals surface area contributed by atoms with Crippen LogP contribution in [0.2, 0.25) is 0 Å². The van der Waals surface area contributed by atoms with E-state index in [0.29, 0.717) is 0 Å². The van der Waals surface area contributed by atoms with Crippen molar-refractivity contribution >= 4 is 32.4 Å². The van der Waals surface area contributed by atoms with Crippen molar-refractivity contribution in [1.29, 1.82) is 0 Å². The number of benzene rings is 2. The van der Waals surface area contributed by atoms with Gasteiger partial charge in [-0.05, 0) is 24.3 Å². The van der Waals surface area contributed by atoms with Gasteiger partial charge in [0.1, 0.15) is 5.75 Å². The molecule has 1 heterocycles. The Balaban J connectivity index is 1.88. The summed E-state index contributed by atoms with van der Waals surface area (Å²) >= 11 is 1.65. The monoisotopic (exact) mass is 299 g/mol. The minimum Gasteiger partial charge on any atom is -0.496 e. The third-order valence-electron chi connectivity index (χ3n) is 3.33. The van der Waals surface area contributed by atoms with Crippen LogP contribution in [0.15, 0.2) is 42.5 Å². The van der Waals surface area contributed by atoms with Gasteiger partial charge in [0.15, 0.2) is 5.13 Å². The van der Waals surface area contributed by atoms with Crippen LogP contribution >= 0.6 is 11.3 Å². The van der Waals surface area contributed by atoms with Crippen molar-refractivity contribution in [2.24, 2.45) is 0 Å². The Kier molecular flexibility index (Phi) is 3.66. The Bertz CT molecular complexity index is 769. The standard InChI is InChI=1S/C16H17N3OS/c1-19(10-11-5-3-4-6-14(11)20-2)16-18-13-8-7-12(17)9-15(13)21-16/h3-9H,10,17H2,1-2H3. The van der Waals surface area contributed by atoms with E-state index < -0.39 is 0 Å². The summed E-state index contributed by atoms with van der Waals surface area (Å²) in [5.41, 5.74) is 8.71. The molecule has 4 nitrogen and oxygen atoms in total. The number of hydrogen-bond donors (Lipinski definition) is 1. The fourth-order valence-corrected chi connectivity index (χ4v) is 3.22. The number of thiazole rings is 1. The minimum atomic E-state index is 0.749. The van der Waals surface area contributed by atoms with Crippen LogP contribution in [0.3, 0.4) is 0 Å². The zero-order valence-electron chi connectivity index (χ0n) is 12.0. The summed E-state index contributed by atoms with van der Waals surface area (Å²) in [7, 11) is 3.73. The molecule has 2 aromatic carbocycles. The number of fused-ring (bicyclic) bond motifs is 1. The quantitative estimate of drug-likeness (QED) is 0.749. The van der Waals surface area contributed by atoms with Crippen molar-refractivity contribution in [2.75, 3.05) is 24.8 Å². The van der Waals surface area contributed by atoms with Crippen molar-refractivity contribution in [3.8, 4) is 5.75 Å². The van der Waals surface area contributed by atoms with Crippen LogP contribution < -0.4 is 15.4 Å². The summed E-state index contributed by atoms with van der Waals surface area (Å²) in [5.74, 6) is 0.898. The third kappa shape index (κ3) is 2.78. The van der Waals surface area contributed by atoms with Crippen LogP contribution in [-0.2, 0) is 6.54 Å². The van der Waals surface area contributed by atoms with Gasteiger partial charge in [-0.25, -0.2) is 4.98 Å². The van der Waals surface area contributed by atoms with Gasteiger partial charge >= 0.3 is 0 Å². The zero-order valence-corrected chi connectivity index (χ0v) is 12.9. The number of hydrogen-bond acceptors (Lipinski definition) is 5. The smallest absolute Gasteiger partial charge is 0.186 e. The third-order valence-corrected chi connectivity index (χ3v) is 4.46. The predicted octanol–water partition coefficient (Wildman–Crippen LogP) is 3.52. The van der Waals surface area contributed by atoms with Gasteiger partial charge in [-0.2, -0.15) is 0 Å². The first kappa shape index (κ1) is 13.7. The number of para-hydroxylation sites is 1. The number of nitrogens with zero attached hydrogens (tertiary/aromatic N) is 2. The molecule has 0 saturated heterocycles. The molecule has 108 valence electrons. The summed E-state index contributed by atoms with van der Waals surface area (Å²) in [5, 5.41) is 0.974. The molecular formula is C16H17N3OS. The Labute approximate surface area is 127 Å². The Morgan fingerprint density at radius 1 is 1.24 bits per heavy atom. The average molecular weight is 299 g/mol. The number of rotatable bonds is 4. The summed E-state index contributed by atoms with van der Waals surface area (Å²) in [6.45, 7) is 0.749. The Morgan fingerprint density at radius 2 is 2.05 bits per heavy atom. The highest BCUT2D eigenvalue weighted by molar-refractivity contribution is 7.22. The topological polar surface area (TPSA) is 51.4 Å². The zero-order chi connectivity index (χ0) is 14.8. The highest BCUT2D eigenvalue weighted by atomic mass is 32.1. The van der Waals surface area contributed by atoms with Crippen LogP contribution in [0.5, 0.6) is 5.75 Å². The van der Waals surface area contributed by atoms with Gasteiger partial charge in [0.05, 0.1) is 17.3 Å². The van der Waals surface area contributed by atoms with Gasteiger partial charge < -0.3 is 15.4 Å². The normalized spacial score (nSPS) is 10.8. The second-order valence-corrected chi connectivity index (χ2v) is 5.90. The second-order valence-electron chi connectivity index (χ2n) is 4.89. The Hall–Kier alpha value is -2.27. The van der Waals surface area contributed by atoms with Crippen LogP contribution in [0, 0.1) is 0 Å². The maximum absolute atomic E-state index is 5.82. The molecule has 3 aromatic rings. The molecule has 0 aliphatic rings. The van der Waals surface area contributed by atoms with E-state index in [1.807, 2.05) is 43.4 Å². The largest absolute Gasteiger partial charge is 0.496 e. The van der Waals surface area contributed by atoms with Crippen molar-refractivity contribution in [2.45, 2.75) is 6.54 Å². The van der Waals surface area contributed by atoms with Gasteiger partial charge in [0, 0.05) is 24.8 Å². The summed E-state index contributed by atoms with van der Waals surface area (Å²) < 4.78 is 6.50. The molecule has 0 unspecified atom stereocenters. The van der Waals surface area contributed by atoms with E-state index in [9.17, 15) is 0 Å². The molecule has 0 aliphatic heterocycles. The summed E-state index contributed by atoms with van der Waals surface area (Å²) in [6, 6.07) is 13.8. The number of methoxy groups -OCH3 is 1. The Morgan fingerprint density at radius 3 is 2.86 bits per heavy atom. The molecule has 3 rings (SSSR count). The SMILES string of the molecule is COc1ccccc1CN(C)c1nc2ccc(N)cc2s1. The fraction of sp³-hybridized carbons (Fsp3) is 0.188. The van der Waals surface area contributed by atoms with Crippen LogP contribution in [0.1, 0.15) is 5.56 Å². The number of nitrogens with two attached hydrogens (primary N) is 1. The predicted molar refractivity (Wildman–Crippen MR) is 89.1 cm³/mol. The highest BCUT2D eigenvalue weighted by Crippen LogP contribution is 2.31. The molecule has 0 spiro atoms. The van der Waals surface area contributed by atoms with E-state index >= 15 is 0 Å². The molecule has 0 bridgehead atoms.